The average Bonchev–Trinajstić information content (AvgIpc) is 2.56. The first-order valence-electron chi connectivity index (χ1n) is 9.60. The van der Waals surface area contributed by atoms with Gasteiger partial charge in [0.25, 0.3) is 0 Å². The smallest absolute Gasteiger partial charge is 0.333 e. The van der Waals surface area contributed by atoms with Crippen LogP contribution in [0.5, 0.6) is 0 Å². The number of quaternary nitrogens is 2. The van der Waals surface area contributed by atoms with Crippen LogP contribution in [0.15, 0.2) is 24.3 Å². The Labute approximate surface area is 200 Å². The molecule has 12 heteroatoms. The lowest BCUT2D eigenvalue weighted by molar-refractivity contribution is -0.870. The number of hydrogen-bond donors (Lipinski definition) is 1. The van der Waals surface area contributed by atoms with Crippen molar-refractivity contribution in [1.82, 2.24) is 5.32 Å². The Hall–Kier alpha value is -1.50. The van der Waals surface area contributed by atoms with E-state index in [-0.39, 0.29) is 24.3 Å². The quantitative estimate of drug-likeness (QED) is 0.0887. The first-order chi connectivity index (χ1) is 13.7. The molecule has 0 saturated carbocycles. The third-order valence-electron chi connectivity index (χ3n) is 3.23. The number of carbonyl (C=O) groups is 2. The lowest BCUT2D eigenvalue weighted by atomic mass is 10.3. The fourth-order valence-corrected chi connectivity index (χ4v) is 1.44. The normalized spacial score (nSPS) is 10.8. The Morgan fingerprint density at radius 2 is 1.34 bits per heavy atom. The highest BCUT2D eigenvalue weighted by Gasteiger charge is 2.09. The topological polar surface area (TPSA) is 122 Å². The van der Waals surface area contributed by atoms with Crippen molar-refractivity contribution in [3.63, 3.8) is 0 Å². The highest BCUT2D eigenvalue weighted by atomic mass is 35.5. The number of halogens is 1. The lowest BCUT2D eigenvalue weighted by Gasteiger charge is -2.23. The van der Waals surface area contributed by atoms with Crippen LogP contribution in [0.1, 0.15) is 20.3 Å². The van der Waals surface area contributed by atoms with E-state index in [1.807, 2.05) is 0 Å². The van der Waals surface area contributed by atoms with E-state index in [0.717, 1.165) is 42.1 Å². The van der Waals surface area contributed by atoms with Gasteiger partial charge in [-0.15, -0.1) is 0 Å². The number of nitrogens with zero attached hydrogens (tertiary/aromatic N) is 2. The van der Waals surface area contributed by atoms with Gasteiger partial charge in [-0.2, -0.15) is 0 Å². The van der Waals surface area contributed by atoms with Crippen LogP contribution in [-0.2, 0) is 28.9 Å². The van der Waals surface area contributed by atoms with E-state index >= 15 is 0 Å². The number of rotatable bonds is 10. The molecule has 0 aliphatic heterocycles. The Morgan fingerprint density at radius 1 is 0.938 bits per heavy atom. The summed E-state index contributed by atoms with van der Waals surface area (Å²) in [5.41, 5.74) is 1.03. The van der Waals surface area contributed by atoms with Gasteiger partial charge in [0.05, 0.1) is 55.9 Å². The molecule has 0 saturated heterocycles. The standard InChI is InChI=1S/C10H20N2O.C9H18NO2.CH4O4S.ClH/c1-9(2)10(13)11-7-6-8-12(3,4)5;1-8(2)9(11)12-7-6-10(3,4)5;1-5-6(2,3)4;/h1,6-8H2,2-5H3;1,6-7H2,2-5H3;1H3,(H,2,3,4);1H/q;+1;;/p-1. The van der Waals surface area contributed by atoms with Crippen LogP contribution in [0, 0.1) is 0 Å². The van der Waals surface area contributed by atoms with E-state index in [2.05, 4.69) is 64.9 Å². The third-order valence-corrected chi connectivity index (χ3v) is 3.63. The van der Waals surface area contributed by atoms with Crippen molar-refractivity contribution in [2.75, 3.05) is 75.6 Å². The van der Waals surface area contributed by atoms with Crippen LogP contribution in [0.25, 0.3) is 0 Å². The molecule has 0 heterocycles. The summed E-state index contributed by atoms with van der Waals surface area (Å²) in [7, 11) is 8.96. The monoisotopic (exact) mass is 503 g/mol. The molecule has 0 aromatic heterocycles. The van der Waals surface area contributed by atoms with E-state index < -0.39 is 10.4 Å². The maximum absolute atomic E-state index is 11.1. The average molecular weight is 504 g/mol. The van der Waals surface area contributed by atoms with Gasteiger partial charge in [0.1, 0.15) is 13.2 Å². The van der Waals surface area contributed by atoms with Gasteiger partial charge < -0.3 is 36.0 Å². The van der Waals surface area contributed by atoms with Crippen molar-refractivity contribution >= 4 is 22.3 Å². The lowest BCUT2D eigenvalue weighted by Crippen LogP contribution is -3.00. The second-order valence-corrected chi connectivity index (χ2v) is 10.1. The fourth-order valence-electron chi connectivity index (χ4n) is 1.44. The van der Waals surface area contributed by atoms with Crippen molar-refractivity contribution in [3.05, 3.63) is 24.3 Å². The number of carbonyl (C=O) groups excluding carboxylic acids is 2. The molecule has 1 amide bonds. The molecule has 0 rings (SSSR count). The number of esters is 1. The Morgan fingerprint density at radius 3 is 1.62 bits per heavy atom. The summed E-state index contributed by atoms with van der Waals surface area (Å²) in [6.07, 6.45) is 1.00. The van der Waals surface area contributed by atoms with Gasteiger partial charge in [0, 0.05) is 24.1 Å². The second-order valence-electron chi connectivity index (χ2n) is 8.91. The highest BCUT2D eigenvalue weighted by molar-refractivity contribution is 7.80. The summed E-state index contributed by atoms with van der Waals surface area (Å²) in [5.74, 6) is -0.343. The van der Waals surface area contributed by atoms with Crippen LogP contribution in [0.2, 0.25) is 0 Å². The van der Waals surface area contributed by atoms with Crippen LogP contribution < -0.4 is 17.7 Å². The minimum Gasteiger partial charge on any atom is -1.00 e. The van der Waals surface area contributed by atoms with E-state index in [1.54, 1.807) is 13.8 Å². The maximum atomic E-state index is 11.1. The number of hydrogen-bond acceptors (Lipinski definition) is 7. The molecule has 10 nitrogen and oxygen atoms in total. The van der Waals surface area contributed by atoms with Gasteiger partial charge in [0.15, 0.2) is 0 Å². The van der Waals surface area contributed by atoms with E-state index in [1.165, 1.54) is 0 Å². The summed E-state index contributed by atoms with van der Waals surface area (Å²) in [6, 6.07) is 0. The highest BCUT2D eigenvalue weighted by Crippen LogP contribution is 1.95. The third kappa shape index (κ3) is 35.9. The number of ether oxygens (including phenoxy) is 1. The van der Waals surface area contributed by atoms with E-state index in [9.17, 15) is 22.6 Å². The summed E-state index contributed by atoms with van der Waals surface area (Å²) < 4.78 is 37.7. The van der Waals surface area contributed by atoms with Gasteiger partial charge in [-0.3, -0.25) is 8.98 Å². The molecule has 0 unspecified atom stereocenters. The maximum Gasteiger partial charge on any atom is 0.333 e. The summed E-state index contributed by atoms with van der Waals surface area (Å²) in [5, 5.41) is 2.81. The predicted octanol–water partition coefficient (Wildman–Crippen LogP) is -2.32. The van der Waals surface area contributed by atoms with Crippen molar-refractivity contribution in [1.29, 1.82) is 0 Å². The predicted molar refractivity (Wildman–Crippen MR) is 121 cm³/mol. The van der Waals surface area contributed by atoms with Crippen molar-refractivity contribution < 1.29 is 52.9 Å². The molecule has 0 spiro atoms. The molecule has 0 atom stereocenters. The molecular formula is C20H42ClN3O7S. The zero-order chi connectivity index (χ0) is 25.5. The molecule has 32 heavy (non-hydrogen) atoms. The number of amides is 1. The molecule has 0 aromatic carbocycles. The van der Waals surface area contributed by atoms with Crippen molar-refractivity contribution in [3.8, 4) is 0 Å². The summed E-state index contributed by atoms with van der Waals surface area (Å²) >= 11 is 0. The van der Waals surface area contributed by atoms with Crippen LogP contribution in [0.4, 0.5) is 0 Å². The zero-order valence-corrected chi connectivity index (χ0v) is 22.6. The van der Waals surface area contributed by atoms with Gasteiger partial charge in [-0.1, -0.05) is 13.2 Å². The van der Waals surface area contributed by atoms with Crippen LogP contribution >= 0.6 is 0 Å². The van der Waals surface area contributed by atoms with Gasteiger partial charge >= 0.3 is 5.97 Å². The minimum absolute atomic E-state index is 0. The number of nitrogens with one attached hydrogen (secondary N) is 1. The molecule has 0 aliphatic carbocycles. The van der Waals surface area contributed by atoms with Crippen molar-refractivity contribution in [2.24, 2.45) is 0 Å². The summed E-state index contributed by atoms with van der Waals surface area (Å²) in [4.78, 5) is 22.0. The minimum atomic E-state index is -4.41. The van der Waals surface area contributed by atoms with Gasteiger partial charge in [-0.25, -0.2) is 13.2 Å². The van der Waals surface area contributed by atoms with Crippen molar-refractivity contribution in [2.45, 2.75) is 20.3 Å². The Kier molecular flexibility index (Phi) is 21.2. The van der Waals surface area contributed by atoms with Gasteiger partial charge in [-0.05, 0) is 13.8 Å². The molecule has 1 N–H and O–H groups in total. The largest absolute Gasteiger partial charge is 1.00 e. The summed E-state index contributed by atoms with van der Waals surface area (Å²) in [6.45, 7) is 13.5. The molecule has 0 aliphatic rings. The van der Waals surface area contributed by atoms with Gasteiger partial charge in [0.2, 0.25) is 16.3 Å². The molecular weight excluding hydrogens is 462 g/mol. The molecule has 0 aromatic rings. The second kappa shape index (κ2) is 18.0. The first-order valence-corrected chi connectivity index (χ1v) is 10.9. The fraction of sp³-hybridized carbons (Fsp3) is 0.700. The molecule has 0 fully saturated rings. The Bertz CT molecular complexity index is 682. The zero-order valence-electron chi connectivity index (χ0n) is 21.0. The molecule has 0 radical (unpaired) electrons. The van der Waals surface area contributed by atoms with E-state index in [0.29, 0.717) is 17.8 Å². The first kappa shape index (κ1) is 37.8. The molecule has 192 valence electrons. The number of likely N-dealkylation sites (N-methyl/N-ethyl adjacent to an activating group) is 1. The molecule has 0 bridgehead atoms. The van der Waals surface area contributed by atoms with Crippen LogP contribution in [-0.4, -0.2) is 109 Å². The van der Waals surface area contributed by atoms with Crippen LogP contribution in [0.3, 0.4) is 0 Å². The Balaban J connectivity index is -0.000000192. The SMILES string of the molecule is C=C(C)C(=O)NCCC[N+](C)(C)C.C=C(C)C(=O)OCC[N+](C)(C)C.COS(=O)(=O)[O-].[Cl-]. The van der Waals surface area contributed by atoms with E-state index in [4.69, 9.17) is 4.74 Å².